The Morgan fingerprint density at radius 2 is 1.68 bits per heavy atom. The first-order chi connectivity index (χ1) is 10.5. The summed E-state index contributed by atoms with van der Waals surface area (Å²) in [4.78, 5) is 23.7. The molecule has 7 heteroatoms. The maximum atomic E-state index is 11.9. The molecule has 0 atom stereocenters. The molecule has 0 aliphatic rings. The summed E-state index contributed by atoms with van der Waals surface area (Å²) in [7, 11) is 1.44. The first kappa shape index (κ1) is 15.7. The first-order valence-corrected chi connectivity index (χ1v) is 6.62. The number of methoxy groups -OCH3 is 1. The third-order valence-corrected chi connectivity index (χ3v) is 2.98. The van der Waals surface area contributed by atoms with Crippen molar-refractivity contribution in [2.24, 2.45) is 0 Å². The van der Waals surface area contributed by atoms with Crippen LogP contribution in [0.25, 0.3) is 0 Å². The van der Waals surface area contributed by atoms with Crippen molar-refractivity contribution in [1.29, 1.82) is 0 Å². The number of carbonyl (C=O) groups excluding carboxylic acids is 2. The maximum absolute atomic E-state index is 11.9. The van der Waals surface area contributed by atoms with E-state index >= 15 is 0 Å². The van der Waals surface area contributed by atoms with Crippen LogP contribution in [0.1, 0.15) is 0 Å². The van der Waals surface area contributed by atoms with E-state index in [1.165, 1.54) is 37.4 Å². The fraction of sp³-hybridized carbons (Fsp3) is 0.0667. The van der Waals surface area contributed by atoms with Crippen LogP contribution in [-0.4, -0.2) is 24.0 Å². The number of hydrogen-bond acceptors (Lipinski definition) is 4. The second-order valence-corrected chi connectivity index (χ2v) is 4.74. The summed E-state index contributed by atoms with van der Waals surface area (Å²) in [5.41, 5.74) is 0.678. The summed E-state index contributed by atoms with van der Waals surface area (Å²) in [6.45, 7) is 0. The Hall–Kier alpha value is -2.73. The predicted octanol–water partition coefficient (Wildman–Crippen LogP) is 2.63. The van der Waals surface area contributed by atoms with Crippen LogP contribution in [0.15, 0.2) is 42.5 Å². The Morgan fingerprint density at radius 1 is 1.05 bits per heavy atom. The molecule has 0 unspecified atom stereocenters. The van der Waals surface area contributed by atoms with Gasteiger partial charge >= 0.3 is 11.8 Å². The number of phenols is 1. The summed E-state index contributed by atoms with van der Waals surface area (Å²) in [5, 5.41) is 14.4. The molecule has 6 nitrogen and oxygen atoms in total. The number of nitrogens with one attached hydrogen (secondary N) is 2. The summed E-state index contributed by atoms with van der Waals surface area (Å²) >= 11 is 5.85. The molecular formula is C15H13ClN2O4. The maximum Gasteiger partial charge on any atom is 0.314 e. The number of halogens is 1. The van der Waals surface area contributed by atoms with E-state index in [1.54, 1.807) is 12.1 Å². The minimum atomic E-state index is -0.867. The molecular weight excluding hydrogens is 308 g/mol. The van der Waals surface area contributed by atoms with E-state index in [-0.39, 0.29) is 5.75 Å². The van der Waals surface area contributed by atoms with Gasteiger partial charge in [-0.15, -0.1) is 0 Å². The Bertz CT molecular complexity index is 701. The van der Waals surface area contributed by atoms with Gasteiger partial charge in [0.15, 0.2) is 0 Å². The highest BCUT2D eigenvalue weighted by Crippen LogP contribution is 2.27. The summed E-state index contributed by atoms with van der Waals surface area (Å²) in [5.74, 6) is -1.28. The van der Waals surface area contributed by atoms with Crippen LogP contribution in [0, 0.1) is 0 Å². The lowest BCUT2D eigenvalue weighted by Crippen LogP contribution is -2.29. The molecule has 2 aromatic rings. The Kier molecular flexibility index (Phi) is 4.85. The molecule has 2 amide bonds. The molecule has 0 saturated heterocycles. The lowest BCUT2D eigenvalue weighted by Gasteiger charge is -2.10. The number of aromatic hydroxyl groups is 1. The zero-order valence-corrected chi connectivity index (χ0v) is 12.3. The van der Waals surface area contributed by atoms with Crippen molar-refractivity contribution in [3.8, 4) is 11.5 Å². The van der Waals surface area contributed by atoms with Gasteiger partial charge < -0.3 is 20.5 Å². The number of rotatable bonds is 3. The highest BCUT2D eigenvalue weighted by Gasteiger charge is 2.16. The molecule has 0 spiro atoms. The average Bonchev–Trinajstić information content (AvgIpc) is 2.49. The van der Waals surface area contributed by atoms with E-state index < -0.39 is 11.8 Å². The van der Waals surface area contributed by atoms with Crippen LogP contribution in [0.3, 0.4) is 0 Å². The van der Waals surface area contributed by atoms with E-state index in [9.17, 15) is 9.59 Å². The molecule has 0 aromatic heterocycles. The molecule has 0 fully saturated rings. The number of hydrogen-bond donors (Lipinski definition) is 3. The minimum absolute atomic E-state index is 0.0612. The van der Waals surface area contributed by atoms with Crippen LogP contribution < -0.4 is 15.4 Å². The lowest BCUT2D eigenvalue weighted by atomic mass is 10.2. The standard InChI is InChI=1S/C15H13ClN2O4/c1-22-13-7-2-9(16)8-12(13)18-15(21)14(20)17-10-3-5-11(19)6-4-10/h2-8,19H,1H3,(H,17,20)(H,18,21). The third kappa shape index (κ3) is 3.89. The summed E-state index contributed by atoms with van der Waals surface area (Å²) in [6, 6.07) is 10.4. The number of ether oxygens (including phenoxy) is 1. The van der Waals surface area contributed by atoms with E-state index in [4.69, 9.17) is 21.4 Å². The Morgan fingerprint density at radius 3 is 2.32 bits per heavy atom. The molecule has 0 aliphatic carbocycles. The lowest BCUT2D eigenvalue weighted by molar-refractivity contribution is -0.133. The number of carbonyl (C=O) groups is 2. The molecule has 22 heavy (non-hydrogen) atoms. The SMILES string of the molecule is COc1ccc(Cl)cc1NC(=O)C(=O)Nc1ccc(O)cc1. The van der Waals surface area contributed by atoms with Gasteiger partial charge in [0.2, 0.25) is 0 Å². The molecule has 2 rings (SSSR count). The highest BCUT2D eigenvalue weighted by atomic mass is 35.5. The summed E-state index contributed by atoms with van der Waals surface area (Å²) < 4.78 is 5.08. The van der Waals surface area contributed by atoms with E-state index in [0.717, 1.165) is 0 Å². The third-order valence-electron chi connectivity index (χ3n) is 2.74. The smallest absolute Gasteiger partial charge is 0.314 e. The molecule has 0 radical (unpaired) electrons. The monoisotopic (exact) mass is 320 g/mol. The van der Waals surface area contributed by atoms with Gasteiger partial charge in [0.1, 0.15) is 11.5 Å². The number of phenolic OH excluding ortho intramolecular Hbond substituents is 1. The molecule has 0 bridgehead atoms. The number of anilines is 2. The van der Waals surface area contributed by atoms with Gasteiger partial charge in [0.05, 0.1) is 12.8 Å². The molecule has 2 aromatic carbocycles. The van der Waals surface area contributed by atoms with E-state index in [1.807, 2.05) is 0 Å². The van der Waals surface area contributed by atoms with E-state index in [0.29, 0.717) is 22.1 Å². The van der Waals surface area contributed by atoms with Crippen LogP contribution in [0.2, 0.25) is 5.02 Å². The molecule has 3 N–H and O–H groups in total. The average molecular weight is 321 g/mol. The molecule has 0 heterocycles. The highest BCUT2D eigenvalue weighted by molar-refractivity contribution is 6.44. The second-order valence-electron chi connectivity index (χ2n) is 4.30. The normalized spacial score (nSPS) is 9.91. The number of benzene rings is 2. The Labute approximate surface area is 131 Å². The first-order valence-electron chi connectivity index (χ1n) is 6.24. The number of amides is 2. The molecule has 0 saturated carbocycles. The topological polar surface area (TPSA) is 87.7 Å². The largest absolute Gasteiger partial charge is 0.508 e. The van der Waals surface area contributed by atoms with Gasteiger partial charge in [-0.25, -0.2) is 0 Å². The van der Waals surface area contributed by atoms with Gasteiger partial charge in [-0.3, -0.25) is 9.59 Å². The summed E-state index contributed by atoms with van der Waals surface area (Å²) in [6.07, 6.45) is 0. The van der Waals surface area contributed by atoms with Crippen LogP contribution >= 0.6 is 11.6 Å². The van der Waals surface area contributed by atoms with Crippen molar-refractivity contribution in [3.05, 3.63) is 47.5 Å². The van der Waals surface area contributed by atoms with Gasteiger partial charge in [-0.05, 0) is 42.5 Å². The minimum Gasteiger partial charge on any atom is -0.508 e. The van der Waals surface area contributed by atoms with Crippen molar-refractivity contribution in [3.63, 3.8) is 0 Å². The van der Waals surface area contributed by atoms with Crippen molar-refractivity contribution < 1.29 is 19.4 Å². The quantitative estimate of drug-likeness (QED) is 0.599. The zero-order chi connectivity index (χ0) is 16.1. The van der Waals surface area contributed by atoms with Crippen molar-refractivity contribution in [1.82, 2.24) is 0 Å². The van der Waals surface area contributed by atoms with E-state index in [2.05, 4.69) is 10.6 Å². The van der Waals surface area contributed by atoms with Crippen LogP contribution in [0.5, 0.6) is 11.5 Å². The van der Waals surface area contributed by atoms with Gasteiger partial charge in [0.25, 0.3) is 0 Å². The second kappa shape index (κ2) is 6.82. The molecule has 0 aliphatic heterocycles. The van der Waals surface area contributed by atoms with Crippen molar-refractivity contribution >= 4 is 34.8 Å². The predicted molar refractivity (Wildman–Crippen MR) is 83.4 cm³/mol. The fourth-order valence-electron chi connectivity index (χ4n) is 1.69. The fourth-order valence-corrected chi connectivity index (χ4v) is 1.86. The van der Waals surface area contributed by atoms with Crippen LogP contribution in [0.4, 0.5) is 11.4 Å². The van der Waals surface area contributed by atoms with Crippen molar-refractivity contribution in [2.45, 2.75) is 0 Å². The zero-order valence-electron chi connectivity index (χ0n) is 11.6. The van der Waals surface area contributed by atoms with Crippen LogP contribution in [-0.2, 0) is 9.59 Å². The van der Waals surface area contributed by atoms with Crippen molar-refractivity contribution in [2.75, 3.05) is 17.7 Å². The van der Waals surface area contributed by atoms with Gasteiger partial charge in [-0.2, -0.15) is 0 Å². The van der Waals surface area contributed by atoms with Gasteiger partial charge in [-0.1, -0.05) is 11.6 Å². The molecule has 114 valence electrons. The Balaban J connectivity index is 2.07. The van der Waals surface area contributed by atoms with Gasteiger partial charge in [0, 0.05) is 10.7 Å².